The summed E-state index contributed by atoms with van der Waals surface area (Å²) >= 11 is 0. The van der Waals surface area contributed by atoms with E-state index in [-0.39, 0.29) is 12.0 Å². The summed E-state index contributed by atoms with van der Waals surface area (Å²) in [5.74, 6) is 0.323. The van der Waals surface area contributed by atoms with Crippen LogP contribution in [0.2, 0.25) is 0 Å². The van der Waals surface area contributed by atoms with Gasteiger partial charge in [0.15, 0.2) is 0 Å². The SMILES string of the molecule is COC(=O)c1ccoc1CN1CCC(N)CC1C. The van der Waals surface area contributed by atoms with Gasteiger partial charge in [-0.1, -0.05) is 0 Å². The van der Waals surface area contributed by atoms with Crippen LogP contribution in [-0.4, -0.2) is 36.6 Å². The second-order valence-corrected chi connectivity index (χ2v) is 4.85. The van der Waals surface area contributed by atoms with Gasteiger partial charge in [-0.25, -0.2) is 4.79 Å². The van der Waals surface area contributed by atoms with E-state index < -0.39 is 0 Å². The molecule has 1 aliphatic heterocycles. The van der Waals surface area contributed by atoms with Crippen molar-refractivity contribution in [3.05, 3.63) is 23.7 Å². The van der Waals surface area contributed by atoms with Crippen molar-refractivity contribution in [1.82, 2.24) is 4.90 Å². The molecule has 1 fully saturated rings. The smallest absolute Gasteiger partial charge is 0.341 e. The molecule has 2 N–H and O–H groups in total. The highest BCUT2D eigenvalue weighted by Gasteiger charge is 2.25. The highest BCUT2D eigenvalue weighted by molar-refractivity contribution is 5.90. The molecule has 0 aromatic carbocycles. The van der Waals surface area contributed by atoms with E-state index in [1.807, 2.05) is 0 Å². The molecule has 100 valence electrons. The fraction of sp³-hybridized carbons (Fsp3) is 0.615. The van der Waals surface area contributed by atoms with Crippen LogP contribution in [0.5, 0.6) is 0 Å². The molecule has 5 nitrogen and oxygen atoms in total. The molecular weight excluding hydrogens is 232 g/mol. The molecule has 0 spiro atoms. The van der Waals surface area contributed by atoms with Crippen LogP contribution in [-0.2, 0) is 11.3 Å². The molecule has 2 unspecified atom stereocenters. The van der Waals surface area contributed by atoms with Gasteiger partial charge in [0, 0.05) is 18.6 Å². The van der Waals surface area contributed by atoms with Crippen LogP contribution in [0.4, 0.5) is 0 Å². The maximum absolute atomic E-state index is 11.5. The van der Waals surface area contributed by atoms with Crippen molar-refractivity contribution in [3.8, 4) is 0 Å². The minimum absolute atomic E-state index is 0.285. The number of furan rings is 1. The number of likely N-dealkylation sites (tertiary alicyclic amines) is 1. The lowest BCUT2D eigenvalue weighted by molar-refractivity contribution is 0.0593. The number of carbonyl (C=O) groups excluding carboxylic acids is 1. The first-order valence-corrected chi connectivity index (χ1v) is 6.26. The number of nitrogens with two attached hydrogens (primary N) is 1. The summed E-state index contributed by atoms with van der Waals surface area (Å²) < 4.78 is 10.1. The zero-order valence-corrected chi connectivity index (χ0v) is 10.9. The van der Waals surface area contributed by atoms with Crippen LogP contribution in [0.1, 0.15) is 35.9 Å². The lowest BCUT2D eigenvalue weighted by Crippen LogP contribution is -2.45. The number of rotatable bonds is 3. The van der Waals surface area contributed by atoms with Gasteiger partial charge in [-0.05, 0) is 25.8 Å². The number of hydrogen-bond acceptors (Lipinski definition) is 5. The van der Waals surface area contributed by atoms with Crippen LogP contribution in [0.3, 0.4) is 0 Å². The summed E-state index contributed by atoms with van der Waals surface area (Å²) in [6, 6.07) is 2.35. The van der Waals surface area contributed by atoms with Crippen molar-refractivity contribution in [2.24, 2.45) is 5.73 Å². The minimum Gasteiger partial charge on any atom is -0.467 e. The number of carbonyl (C=O) groups is 1. The average Bonchev–Trinajstić information content (AvgIpc) is 2.80. The number of piperidine rings is 1. The Balaban J connectivity index is 2.05. The molecule has 0 bridgehead atoms. The average molecular weight is 252 g/mol. The molecule has 0 aliphatic carbocycles. The quantitative estimate of drug-likeness (QED) is 0.823. The summed E-state index contributed by atoms with van der Waals surface area (Å²) in [5.41, 5.74) is 6.45. The van der Waals surface area contributed by atoms with Crippen molar-refractivity contribution in [2.75, 3.05) is 13.7 Å². The van der Waals surface area contributed by atoms with Crippen LogP contribution in [0.15, 0.2) is 16.7 Å². The van der Waals surface area contributed by atoms with Gasteiger partial charge >= 0.3 is 5.97 Å². The topological polar surface area (TPSA) is 68.7 Å². The zero-order valence-electron chi connectivity index (χ0n) is 10.9. The van der Waals surface area contributed by atoms with Crippen LogP contribution in [0.25, 0.3) is 0 Å². The maximum atomic E-state index is 11.5. The molecule has 2 rings (SSSR count). The first-order chi connectivity index (χ1) is 8.61. The standard InChI is InChI=1S/C13H20N2O3/c1-9-7-10(14)3-5-15(9)8-12-11(4-6-18-12)13(16)17-2/h4,6,9-10H,3,5,7-8,14H2,1-2H3. The lowest BCUT2D eigenvalue weighted by atomic mass is 9.99. The summed E-state index contributed by atoms with van der Waals surface area (Å²) in [5, 5.41) is 0. The van der Waals surface area contributed by atoms with Crippen molar-refractivity contribution in [3.63, 3.8) is 0 Å². The van der Waals surface area contributed by atoms with Gasteiger partial charge in [-0.15, -0.1) is 0 Å². The largest absolute Gasteiger partial charge is 0.467 e. The van der Waals surface area contributed by atoms with Gasteiger partial charge in [0.25, 0.3) is 0 Å². The first kappa shape index (κ1) is 13.1. The molecule has 18 heavy (non-hydrogen) atoms. The second-order valence-electron chi connectivity index (χ2n) is 4.85. The molecule has 1 aliphatic rings. The number of methoxy groups -OCH3 is 1. The van der Waals surface area contributed by atoms with Gasteiger partial charge in [-0.3, -0.25) is 4.90 Å². The summed E-state index contributed by atoms with van der Waals surface area (Å²) in [7, 11) is 1.38. The van der Waals surface area contributed by atoms with Crippen molar-refractivity contribution < 1.29 is 13.9 Å². The predicted molar refractivity (Wildman–Crippen MR) is 67.1 cm³/mol. The monoisotopic (exact) mass is 252 g/mol. The number of hydrogen-bond donors (Lipinski definition) is 1. The Kier molecular flexibility index (Phi) is 4.04. The van der Waals surface area contributed by atoms with E-state index in [0.29, 0.717) is 23.9 Å². The highest BCUT2D eigenvalue weighted by Crippen LogP contribution is 2.21. The molecule has 2 atom stereocenters. The van der Waals surface area contributed by atoms with Crippen molar-refractivity contribution >= 4 is 5.97 Å². The first-order valence-electron chi connectivity index (χ1n) is 6.26. The fourth-order valence-electron chi connectivity index (χ4n) is 2.43. The Morgan fingerprint density at radius 1 is 1.67 bits per heavy atom. The molecular formula is C13H20N2O3. The Morgan fingerprint density at radius 2 is 2.44 bits per heavy atom. The maximum Gasteiger partial charge on any atom is 0.341 e. The number of nitrogens with zero attached hydrogens (tertiary/aromatic N) is 1. The van der Waals surface area contributed by atoms with Gasteiger partial charge in [0.2, 0.25) is 0 Å². The van der Waals surface area contributed by atoms with E-state index in [1.165, 1.54) is 13.4 Å². The number of esters is 1. The third-order valence-corrected chi connectivity index (χ3v) is 3.55. The minimum atomic E-state index is -0.347. The van der Waals surface area contributed by atoms with Gasteiger partial charge in [-0.2, -0.15) is 0 Å². The molecule has 2 heterocycles. The summed E-state index contributed by atoms with van der Waals surface area (Å²) in [6.45, 7) is 3.72. The molecule has 0 saturated carbocycles. The molecule has 0 amide bonds. The van der Waals surface area contributed by atoms with Crippen molar-refractivity contribution in [2.45, 2.75) is 38.4 Å². The Labute approximate surface area is 107 Å². The van der Waals surface area contributed by atoms with E-state index in [0.717, 1.165) is 19.4 Å². The third kappa shape index (κ3) is 2.73. The van der Waals surface area contributed by atoms with Gasteiger partial charge in [0.05, 0.1) is 19.9 Å². The van der Waals surface area contributed by atoms with Crippen LogP contribution in [0, 0.1) is 0 Å². The Bertz CT molecular complexity index is 416. The van der Waals surface area contributed by atoms with Crippen LogP contribution >= 0.6 is 0 Å². The number of ether oxygens (including phenoxy) is 1. The van der Waals surface area contributed by atoms with E-state index >= 15 is 0 Å². The molecule has 0 radical (unpaired) electrons. The highest BCUT2D eigenvalue weighted by atomic mass is 16.5. The normalized spacial score (nSPS) is 25.1. The Hall–Kier alpha value is -1.33. The lowest BCUT2D eigenvalue weighted by Gasteiger charge is -2.35. The predicted octanol–water partition coefficient (Wildman–Crippen LogP) is 1.38. The zero-order chi connectivity index (χ0) is 13.1. The van der Waals surface area contributed by atoms with E-state index in [4.69, 9.17) is 14.9 Å². The second kappa shape index (κ2) is 5.54. The van der Waals surface area contributed by atoms with Crippen molar-refractivity contribution in [1.29, 1.82) is 0 Å². The van der Waals surface area contributed by atoms with E-state index in [2.05, 4.69) is 11.8 Å². The third-order valence-electron chi connectivity index (χ3n) is 3.55. The summed E-state index contributed by atoms with van der Waals surface area (Å²) in [4.78, 5) is 13.8. The van der Waals surface area contributed by atoms with E-state index in [1.54, 1.807) is 6.07 Å². The fourth-order valence-corrected chi connectivity index (χ4v) is 2.43. The molecule has 1 saturated heterocycles. The molecule has 5 heteroatoms. The summed E-state index contributed by atoms with van der Waals surface area (Å²) in [6.07, 6.45) is 3.49. The van der Waals surface area contributed by atoms with E-state index in [9.17, 15) is 4.79 Å². The Morgan fingerprint density at radius 3 is 3.11 bits per heavy atom. The van der Waals surface area contributed by atoms with Crippen LogP contribution < -0.4 is 5.73 Å². The molecule has 1 aromatic heterocycles. The van der Waals surface area contributed by atoms with Gasteiger partial charge in [0.1, 0.15) is 11.3 Å². The van der Waals surface area contributed by atoms with Gasteiger partial charge < -0.3 is 14.9 Å². The molecule has 1 aromatic rings.